The Bertz CT molecular complexity index is 421. The molecule has 1 unspecified atom stereocenters. The Morgan fingerprint density at radius 1 is 1.44 bits per heavy atom. The van der Waals surface area contributed by atoms with Gasteiger partial charge in [-0.3, -0.25) is 4.79 Å². The summed E-state index contributed by atoms with van der Waals surface area (Å²) in [5.74, 6) is -0.594. The van der Waals surface area contributed by atoms with Crippen molar-refractivity contribution < 1.29 is 13.9 Å². The summed E-state index contributed by atoms with van der Waals surface area (Å²) in [6, 6.07) is 4.02. The van der Waals surface area contributed by atoms with Gasteiger partial charge in [-0.1, -0.05) is 13.8 Å². The lowest BCUT2D eigenvalue weighted by Crippen LogP contribution is -2.24. The highest BCUT2D eigenvalue weighted by Gasteiger charge is 2.11. The molecule has 1 aromatic carbocycles. The van der Waals surface area contributed by atoms with Gasteiger partial charge in [-0.2, -0.15) is 0 Å². The van der Waals surface area contributed by atoms with E-state index in [1.807, 2.05) is 20.8 Å². The molecular weight excluding hydrogens is 235 g/mol. The van der Waals surface area contributed by atoms with E-state index >= 15 is 0 Å². The zero-order valence-corrected chi connectivity index (χ0v) is 10.9. The third-order valence-electron chi connectivity index (χ3n) is 2.68. The fourth-order valence-corrected chi connectivity index (χ4v) is 1.22. The Morgan fingerprint density at radius 2 is 2.11 bits per heavy atom. The molecule has 0 bridgehead atoms. The molecule has 0 fully saturated rings. The standard InChI is InChI=1S/C13H19FN2O2/c1-8(2)9(3)18-7-13(17)16-12-6-10(15)4-5-11(12)14/h4-6,8-9H,7,15H2,1-3H3,(H,16,17). The third kappa shape index (κ3) is 4.33. The number of hydrogen-bond acceptors (Lipinski definition) is 3. The van der Waals surface area contributed by atoms with E-state index in [4.69, 9.17) is 10.5 Å². The van der Waals surface area contributed by atoms with Crippen LogP contribution in [0.25, 0.3) is 0 Å². The van der Waals surface area contributed by atoms with Crippen molar-refractivity contribution in [1.29, 1.82) is 0 Å². The second-order valence-corrected chi connectivity index (χ2v) is 4.55. The molecule has 18 heavy (non-hydrogen) atoms. The fourth-order valence-electron chi connectivity index (χ4n) is 1.22. The number of rotatable bonds is 5. The highest BCUT2D eigenvalue weighted by molar-refractivity contribution is 5.92. The third-order valence-corrected chi connectivity index (χ3v) is 2.68. The number of nitrogen functional groups attached to an aromatic ring is 1. The Kier molecular flexibility index (Phi) is 5.09. The summed E-state index contributed by atoms with van der Waals surface area (Å²) in [5, 5.41) is 2.43. The molecule has 100 valence electrons. The molecule has 0 aliphatic heterocycles. The van der Waals surface area contributed by atoms with Crippen LogP contribution in [0, 0.1) is 11.7 Å². The molecule has 1 atom stereocenters. The predicted octanol–water partition coefficient (Wildman–Crippen LogP) is 2.41. The maximum atomic E-state index is 13.3. The van der Waals surface area contributed by atoms with Crippen molar-refractivity contribution >= 4 is 17.3 Å². The van der Waals surface area contributed by atoms with E-state index in [0.29, 0.717) is 11.6 Å². The average molecular weight is 254 g/mol. The van der Waals surface area contributed by atoms with Crippen LogP contribution in [-0.2, 0) is 9.53 Å². The van der Waals surface area contributed by atoms with Crippen LogP contribution in [0.15, 0.2) is 18.2 Å². The molecule has 0 aliphatic carbocycles. The van der Waals surface area contributed by atoms with E-state index in [9.17, 15) is 9.18 Å². The maximum Gasteiger partial charge on any atom is 0.250 e. The summed E-state index contributed by atoms with van der Waals surface area (Å²) >= 11 is 0. The van der Waals surface area contributed by atoms with Crippen LogP contribution in [0.2, 0.25) is 0 Å². The van der Waals surface area contributed by atoms with E-state index in [2.05, 4.69) is 5.32 Å². The van der Waals surface area contributed by atoms with Gasteiger partial charge in [0.1, 0.15) is 12.4 Å². The zero-order chi connectivity index (χ0) is 13.7. The first-order valence-corrected chi connectivity index (χ1v) is 5.86. The Balaban J connectivity index is 2.52. The highest BCUT2D eigenvalue weighted by Crippen LogP contribution is 2.17. The largest absolute Gasteiger partial charge is 0.399 e. The number of carbonyl (C=O) groups is 1. The summed E-state index contributed by atoms with van der Waals surface area (Å²) in [6.07, 6.45) is -0.0264. The predicted molar refractivity (Wildman–Crippen MR) is 69.7 cm³/mol. The average Bonchev–Trinajstić information content (AvgIpc) is 2.30. The van der Waals surface area contributed by atoms with E-state index in [1.54, 1.807) is 0 Å². The molecule has 3 N–H and O–H groups in total. The molecule has 0 aliphatic rings. The molecule has 0 saturated heterocycles. The van der Waals surface area contributed by atoms with Crippen molar-refractivity contribution in [3.8, 4) is 0 Å². The molecule has 1 rings (SSSR count). The van der Waals surface area contributed by atoms with Crippen LogP contribution in [-0.4, -0.2) is 18.6 Å². The van der Waals surface area contributed by atoms with E-state index in [0.717, 1.165) is 0 Å². The maximum absolute atomic E-state index is 13.3. The van der Waals surface area contributed by atoms with E-state index < -0.39 is 11.7 Å². The molecule has 0 spiro atoms. The second-order valence-electron chi connectivity index (χ2n) is 4.55. The van der Waals surface area contributed by atoms with Crippen LogP contribution in [0.5, 0.6) is 0 Å². The molecule has 0 heterocycles. The summed E-state index contributed by atoms with van der Waals surface area (Å²) in [6.45, 7) is 5.78. The number of nitrogens with two attached hydrogens (primary N) is 1. The van der Waals surface area contributed by atoms with Gasteiger partial charge in [0.15, 0.2) is 0 Å². The van der Waals surface area contributed by atoms with Crippen LogP contribution >= 0.6 is 0 Å². The van der Waals surface area contributed by atoms with Crippen molar-refractivity contribution in [3.05, 3.63) is 24.0 Å². The summed E-state index contributed by atoms with van der Waals surface area (Å²) in [7, 11) is 0. The van der Waals surface area contributed by atoms with Gasteiger partial charge in [-0.05, 0) is 31.0 Å². The fraction of sp³-hybridized carbons (Fsp3) is 0.462. The van der Waals surface area contributed by atoms with E-state index in [1.165, 1.54) is 18.2 Å². The smallest absolute Gasteiger partial charge is 0.250 e. The summed E-state index contributed by atoms with van der Waals surface area (Å²) in [5.41, 5.74) is 5.98. The van der Waals surface area contributed by atoms with Crippen LogP contribution in [0.4, 0.5) is 15.8 Å². The molecule has 1 amide bonds. The van der Waals surface area contributed by atoms with Crippen molar-refractivity contribution in [2.75, 3.05) is 17.7 Å². The SMILES string of the molecule is CC(C)C(C)OCC(=O)Nc1cc(N)ccc1F. The number of carbonyl (C=O) groups excluding carboxylic acids is 1. The quantitative estimate of drug-likeness (QED) is 0.793. The monoisotopic (exact) mass is 254 g/mol. The Labute approximate surface area is 106 Å². The molecule has 0 saturated carbocycles. The van der Waals surface area contributed by atoms with Crippen molar-refractivity contribution in [1.82, 2.24) is 0 Å². The summed E-state index contributed by atoms with van der Waals surface area (Å²) < 4.78 is 18.7. The van der Waals surface area contributed by atoms with Gasteiger partial charge < -0.3 is 15.8 Å². The molecule has 0 radical (unpaired) electrons. The van der Waals surface area contributed by atoms with Crippen molar-refractivity contribution in [2.24, 2.45) is 5.92 Å². The van der Waals surface area contributed by atoms with Gasteiger partial charge in [-0.15, -0.1) is 0 Å². The van der Waals surface area contributed by atoms with Gasteiger partial charge in [0.2, 0.25) is 5.91 Å². The van der Waals surface area contributed by atoms with Gasteiger partial charge in [-0.25, -0.2) is 4.39 Å². The molecule has 1 aromatic rings. The van der Waals surface area contributed by atoms with Gasteiger partial charge >= 0.3 is 0 Å². The minimum atomic E-state index is -0.519. The van der Waals surface area contributed by atoms with Crippen LogP contribution < -0.4 is 11.1 Å². The molecule has 0 aromatic heterocycles. The topological polar surface area (TPSA) is 64.3 Å². The van der Waals surface area contributed by atoms with Gasteiger partial charge in [0, 0.05) is 5.69 Å². The Morgan fingerprint density at radius 3 is 2.72 bits per heavy atom. The normalized spacial score (nSPS) is 12.5. The first-order valence-electron chi connectivity index (χ1n) is 5.86. The van der Waals surface area contributed by atoms with Crippen molar-refractivity contribution in [2.45, 2.75) is 26.9 Å². The lowest BCUT2D eigenvalue weighted by molar-refractivity contribution is -0.123. The van der Waals surface area contributed by atoms with Gasteiger partial charge in [0.25, 0.3) is 0 Å². The minimum Gasteiger partial charge on any atom is -0.399 e. The molecule has 4 nitrogen and oxygen atoms in total. The number of amides is 1. The van der Waals surface area contributed by atoms with Crippen LogP contribution in [0.3, 0.4) is 0 Å². The lowest BCUT2D eigenvalue weighted by atomic mass is 10.1. The highest BCUT2D eigenvalue weighted by atomic mass is 19.1. The molecule has 5 heteroatoms. The number of anilines is 2. The Hall–Kier alpha value is -1.62. The van der Waals surface area contributed by atoms with Crippen molar-refractivity contribution in [3.63, 3.8) is 0 Å². The molecular formula is C13H19FN2O2. The number of ether oxygens (including phenoxy) is 1. The summed E-state index contributed by atoms with van der Waals surface area (Å²) in [4.78, 5) is 11.6. The number of nitrogens with one attached hydrogen (secondary N) is 1. The van der Waals surface area contributed by atoms with E-state index in [-0.39, 0.29) is 18.4 Å². The minimum absolute atomic E-state index is 0.0264. The number of benzene rings is 1. The van der Waals surface area contributed by atoms with Gasteiger partial charge in [0.05, 0.1) is 11.8 Å². The van der Waals surface area contributed by atoms with Crippen LogP contribution in [0.1, 0.15) is 20.8 Å². The zero-order valence-electron chi connectivity index (χ0n) is 10.9. The number of halogens is 1. The first kappa shape index (κ1) is 14.4. The second kappa shape index (κ2) is 6.35. The number of hydrogen-bond donors (Lipinski definition) is 2. The first-order chi connectivity index (χ1) is 8.40. The lowest BCUT2D eigenvalue weighted by Gasteiger charge is -2.16.